The largest absolute Gasteiger partial charge is 0.435 e. The van der Waals surface area contributed by atoms with Gasteiger partial charge in [-0.15, -0.1) is 0 Å². The Balaban J connectivity index is 2.12. The van der Waals surface area contributed by atoms with Gasteiger partial charge in [-0.25, -0.2) is 0 Å². The van der Waals surface area contributed by atoms with Crippen molar-refractivity contribution in [2.24, 2.45) is 0 Å². The minimum atomic E-state index is -4.50. The van der Waals surface area contributed by atoms with Crippen LogP contribution in [0.2, 0.25) is 0 Å². The molecule has 2 aromatic rings. The maximum Gasteiger partial charge on any atom is 0.435 e. The van der Waals surface area contributed by atoms with Crippen LogP contribution < -0.4 is 0 Å². The van der Waals surface area contributed by atoms with Gasteiger partial charge in [0.25, 0.3) is 0 Å². The molecule has 3 nitrogen and oxygen atoms in total. The minimum absolute atomic E-state index is 0.0121. The van der Waals surface area contributed by atoms with Crippen molar-refractivity contribution in [1.29, 1.82) is 0 Å². The van der Waals surface area contributed by atoms with Crippen molar-refractivity contribution in [3.8, 4) is 0 Å². The molecule has 0 bridgehead atoms. The molecule has 1 aromatic carbocycles. The first kappa shape index (κ1) is 15.3. The SMILES string of the molecule is OCCc1cn(C/C=C/c2ccccc2)nc1C(F)(F)F. The molecular weight excluding hydrogens is 281 g/mol. The third kappa shape index (κ3) is 4.19. The topological polar surface area (TPSA) is 38.0 Å². The molecule has 6 heteroatoms. The number of nitrogens with zero attached hydrogens (tertiary/aromatic N) is 2. The van der Waals surface area contributed by atoms with E-state index in [1.807, 2.05) is 36.4 Å². The molecule has 1 N–H and O–H groups in total. The Kier molecular flexibility index (Phi) is 4.80. The molecule has 0 saturated carbocycles. The second kappa shape index (κ2) is 6.58. The van der Waals surface area contributed by atoms with E-state index in [0.29, 0.717) is 0 Å². The van der Waals surface area contributed by atoms with Crippen molar-refractivity contribution in [3.63, 3.8) is 0 Å². The second-order valence-electron chi connectivity index (χ2n) is 4.51. The summed E-state index contributed by atoms with van der Waals surface area (Å²) in [5.74, 6) is 0. The number of benzene rings is 1. The molecule has 0 amide bonds. The molecule has 0 aliphatic heterocycles. The van der Waals surface area contributed by atoms with E-state index in [-0.39, 0.29) is 25.1 Å². The monoisotopic (exact) mass is 296 g/mol. The van der Waals surface area contributed by atoms with Gasteiger partial charge in [-0.3, -0.25) is 4.68 Å². The lowest BCUT2D eigenvalue weighted by Gasteiger charge is -2.04. The molecule has 112 valence electrons. The molecule has 0 aliphatic rings. The summed E-state index contributed by atoms with van der Waals surface area (Å²) < 4.78 is 39.6. The van der Waals surface area contributed by atoms with E-state index in [9.17, 15) is 13.2 Å². The number of allylic oxidation sites excluding steroid dienone is 1. The molecule has 1 heterocycles. The summed E-state index contributed by atoms with van der Waals surface area (Å²) in [7, 11) is 0. The molecule has 0 fully saturated rings. The van der Waals surface area contributed by atoms with Gasteiger partial charge in [0.1, 0.15) is 0 Å². The highest BCUT2D eigenvalue weighted by atomic mass is 19.4. The Labute approximate surface area is 120 Å². The number of aliphatic hydroxyl groups is 1. The molecular formula is C15H15F3N2O. The smallest absolute Gasteiger partial charge is 0.396 e. The predicted molar refractivity (Wildman–Crippen MR) is 73.5 cm³/mol. The standard InChI is InChI=1S/C15H15F3N2O/c16-15(17,18)14-13(8-10-21)11-20(19-14)9-4-7-12-5-2-1-3-6-12/h1-7,11,21H,8-10H2/b7-4+. The molecule has 1 aromatic heterocycles. The van der Waals surface area contributed by atoms with Crippen molar-refractivity contribution in [3.05, 3.63) is 59.4 Å². The second-order valence-corrected chi connectivity index (χ2v) is 4.51. The fourth-order valence-corrected chi connectivity index (χ4v) is 1.96. The van der Waals surface area contributed by atoms with Crippen LogP contribution in [-0.4, -0.2) is 21.5 Å². The molecule has 0 aliphatic carbocycles. The fourth-order valence-electron chi connectivity index (χ4n) is 1.96. The molecule has 0 radical (unpaired) electrons. The lowest BCUT2D eigenvalue weighted by molar-refractivity contribution is -0.142. The van der Waals surface area contributed by atoms with E-state index in [2.05, 4.69) is 5.10 Å². The van der Waals surface area contributed by atoms with Crippen LogP contribution in [-0.2, 0) is 19.1 Å². The van der Waals surface area contributed by atoms with Crippen molar-refractivity contribution in [1.82, 2.24) is 9.78 Å². The van der Waals surface area contributed by atoms with E-state index >= 15 is 0 Å². The van der Waals surface area contributed by atoms with Crippen LogP contribution in [0, 0.1) is 0 Å². The molecule has 0 spiro atoms. The zero-order chi connectivity index (χ0) is 15.3. The van der Waals surface area contributed by atoms with Crippen LogP contribution in [0.3, 0.4) is 0 Å². The first-order valence-corrected chi connectivity index (χ1v) is 6.46. The molecule has 0 unspecified atom stereocenters. The van der Waals surface area contributed by atoms with E-state index < -0.39 is 11.9 Å². The highest BCUT2D eigenvalue weighted by Gasteiger charge is 2.36. The number of halogens is 3. The van der Waals surface area contributed by atoms with Crippen LogP contribution >= 0.6 is 0 Å². The summed E-state index contributed by atoms with van der Waals surface area (Å²) in [4.78, 5) is 0. The van der Waals surface area contributed by atoms with Gasteiger partial charge in [-0.1, -0.05) is 42.5 Å². The highest BCUT2D eigenvalue weighted by molar-refractivity contribution is 5.48. The van der Waals surface area contributed by atoms with Crippen molar-refractivity contribution in [2.45, 2.75) is 19.1 Å². The van der Waals surface area contributed by atoms with Gasteiger partial charge in [0, 0.05) is 18.4 Å². The third-order valence-electron chi connectivity index (χ3n) is 2.89. The van der Waals surface area contributed by atoms with Crippen LogP contribution in [0.25, 0.3) is 6.08 Å². The number of aromatic nitrogens is 2. The third-order valence-corrected chi connectivity index (χ3v) is 2.89. The van der Waals surface area contributed by atoms with Crippen molar-refractivity contribution < 1.29 is 18.3 Å². The maximum absolute atomic E-state index is 12.8. The average Bonchev–Trinajstić information content (AvgIpc) is 2.84. The number of hydrogen-bond acceptors (Lipinski definition) is 2. The Morgan fingerprint density at radius 3 is 2.52 bits per heavy atom. The van der Waals surface area contributed by atoms with Crippen LogP contribution in [0.1, 0.15) is 16.8 Å². The van der Waals surface area contributed by atoms with Crippen LogP contribution in [0.5, 0.6) is 0 Å². The van der Waals surface area contributed by atoms with Gasteiger partial charge >= 0.3 is 6.18 Å². The Hall–Kier alpha value is -2.08. The summed E-state index contributed by atoms with van der Waals surface area (Å²) in [6.45, 7) is -0.0992. The first-order valence-electron chi connectivity index (χ1n) is 6.46. The lowest BCUT2D eigenvalue weighted by atomic mass is 10.2. The van der Waals surface area contributed by atoms with Gasteiger partial charge in [0.05, 0.1) is 6.54 Å². The van der Waals surface area contributed by atoms with E-state index in [0.717, 1.165) is 5.56 Å². The number of alkyl halides is 3. The van der Waals surface area contributed by atoms with E-state index in [4.69, 9.17) is 5.11 Å². The van der Waals surface area contributed by atoms with Crippen molar-refractivity contribution >= 4 is 6.08 Å². The number of rotatable bonds is 5. The number of aliphatic hydroxyl groups excluding tert-OH is 1. The zero-order valence-electron chi connectivity index (χ0n) is 11.2. The molecule has 21 heavy (non-hydrogen) atoms. The van der Waals surface area contributed by atoms with Crippen molar-refractivity contribution in [2.75, 3.05) is 6.61 Å². The summed E-state index contributed by atoms with van der Waals surface area (Å²) in [5.41, 5.74) is 0.0547. The fraction of sp³-hybridized carbons (Fsp3) is 0.267. The van der Waals surface area contributed by atoms with Gasteiger partial charge in [-0.05, 0) is 12.0 Å². The van der Waals surface area contributed by atoms with E-state index in [1.54, 1.807) is 6.08 Å². The normalized spacial score (nSPS) is 12.2. The summed E-state index contributed by atoms with van der Waals surface area (Å²) >= 11 is 0. The summed E-state index contributed by atoms with van der Waals surface area (Å²) in [5, 5.41) is 12.4. The minimum Gasteiger partial charge on any atom is -0.396 e. The Morgan fingerprint density at radius 1 is 1.19 bits per heavy atom. The maximum atomic E-state index is 12.8. The quantitative estimate of drug-likeness (QED) is 0.920. The van der Waals surface area contributed by atoms with Crippen LogP contribution in [0.4, 0.5) is 13.2 Å². The molecule has 0 saturated heterocycles. The van der Waals surface area contributed by atoms with Crippen LogP contribution in [0.15, 0.2) is 42.6 Å². The van der Waals surface area contributed by atoms with E-state index in [1.165, 1.54) is 10.9 Å². The van der Waals surface area contributed by atoms with Gasteiger partial charge in [0.2, 0.25) is 0 Å². The molecule has 2 rings (SSSR count). The molecule has 0 atom stereocenters. The van der Waals surface area contributed by atoms with Gasteiger partial charge < -0.3 is 5.11 Å². The highest BCUT2D eigenvalue weighted by Crippen LogP contribution is 2.30. The predicted octanol–water partition coefficient (Wildman–Crippen LogP) is 3.15. The Morgan fingerprint density at radius 2 is 1.90 bits per heavy atom. The first-order chi connectivity index (χ1) is 10.0. The Bertz CT molecular complexity index is 603. The zero-order valence-corrected chi connectivity index (χ0v) is 11.2. The van der Waals surface area contributed by atoms with Gasteiger partial charge in [0.15, 0.2) is 5.69 Å². The summed E-state index contributed by atoms with van der Waals surface area (Å²) in [6, 6.07) is 9.46. The number of hydrogen-bond donors (Lipinski definition) is 1. The average molecular weight is 296 g/mol. The van der Waals surface area contributed by atoms with Gasteiger partial charge in [-0.2, -0.15) is 18.3 Å². The lowest BCUT2D eigenvalue weighted by Crippen LogP contribution is -2.10. The summed E-state index contributed by atoms with van der Waals surface area (Å²) in [6.07, 6.45) is 0.330.